The summed E-state index contributed by atoms with van der Waals surface area (Å²) in [5, 5.41) is 12.0. The standard InChI is InChI=1S/C29H43NO4/c1-26-10-7-22(33-16-14-30-12-3-4-13-30)17-20(26)5-6-24-23(26)8-11-27(2)28(31,21-9-15-32-19-21)18-25-29(24,27)34-25/h9,15,19-20,22-25,31H,3-8,10-14,16-18H2,1-2H3/t20-,22+,23?,24?,25-,26+,27-,28+,29?/m1/s1. The van der Waals surface area contributed by atoms with Gasteiger partial charge >= 0.3 is 0 Å². The summed E-state index contributed by atoms with van der Waals surface area (Å²) in [4.78, 5) is 2.56. The lowest BCUT2D eigenvalue weighted by molar-refractivity contribution is -0.195. The summed E-state index contributed by atoms with van der Waals surface area (Å²) >= 11 is 0. The molecule has 188 valence electrons. The summed E-state index contributed by atoms with van der Waals surface area (Å²) in [6.45, 7) is 9.46. The maximum absolute atomic E-state index is 12.0. The highest BCUT2D eigenvalue weighted by atomic mass is 16.6. The zero-order valence-electron chi connectivity index (χ0n) is 21.1. The molecular weight excluding hydrogens is 426 g/mol. The molecule has 5 heteroatoms. The summed E-state index contributed by atoms with van der Waals surface area (Å²) in [6.07, 6.45) is 16.1. The number of nitrogens with zero attached hydrogens (tertiary/aromatic N) is 1. The Kier molecular flexibility index (Phi) is 4.97. The first kappa shape index (κ1) is 22.3. The number of aliphatic hydroxyl groups is 1. The molecule has 9 atom stereocenters. The van der Waals surface area contributed by atoms with Crippen LogP contribution in [0.1, 0.15) is 83.6 Å². The Bertz CT molecular complexity index is 913. The van der Waals surface area contributed by atoms with E-state index in [9.17, 15) is 5.11 Å². The Labute approximate surface area is 204 Å². The van der Waals surface area contributed by atoms with Gasteiger partial charge in [-0.05, 0) is 100 Å². The van der Waals surface area contributed by atoms with E-state index in [0.717, 1.165) is 37.5 Å². The number of epoxide rings is 1. The quantitative estimate of drug-likeness (QED) is 0.607. The average Bonchev–Trinajstić information content (AvgIpc) is 3.26. The number of hydrogen-bond acceptors (Lipinski definition) is 5. The van der Waals surface area contributed by atoms with Crippen molar-refractivity contribution in [3.8, 4) is 0 Å². The molecule has 1 spiro atoms. The van der Waals surface area contributed by atoms with Gasteiger partial charge in [-0.25, -0.2) is 0 Å². The molecule has 0 amide bonds. The first-order valence-corrected chi connectivity index (χ1v) is 14.2. The molecule has 3 heterocycles. The molecule has 6 aliphatic rings. The molecule has 2 saturated heterocycles. The first-order valence-electron chi connectivity index (χ1n) is 14.2. The molecule has 4 aliphatic carbocycles. The molecule has 0 bridgehead atoms. The smallest absolute Gasteiger partial charge is 0.106 e. The maximum Gasteiger partial charge on any atom is 0.106 e. The van der Waals surface area contributed by atoms with Crippen LogP contribution in [-0.4, -0.2) is 54.1 Å². The number of rotatable bonds is 5. The van der Waals surface area contributed by atoms with E-state index in [-0.39, 0.29) is 17.1 Å². The Morgan fingerprint density at radius 1 is 1.09 bits per heavy atom. The Hall–Kier alpha value is -0.880. The van der Waals surface area contributed by atoms with E-state index in [1.807, 2.05) is 6.07 Å². The van der Waals surface area contributed by atoms with Crippen molar-refractivity contribution >= 4 is 0 Å². The third kappa shape index (κ3) is 2.82. The summed E-state index contributed by atoms with van der Waals surface area (Å²) < 4.78 is 18.5. The van der Waals surface area contributed by atoms with Crippen molar-refractivity contribution in [2.24, 2.45) is 28.6 Å². The van der Waals surface area contributed by atoms with Gasteiger partial charge in [-0.1, -0.05) is 13.8 Å². The summed E-state index contributed by atoms with van der Waals surface area (Å²) in [6, 6.07) is 1.97. The van der Waals surface area contributed by atoms with E-state index in [4.69, 9.17) is 13.9 Å². The summed E-state index contributed by atoms with van der Waals surface area (Å²) in [7, 11) is 0. The van der Waals surface area contributed by atoms with Crippen LogP contribution in [0.2, 0.25) is 0 Å². The molecule has 5 nitrogen and oxygen atoms in total. The molecule has 1 aromatic heterocycles. The van der Waals surface area contributed by atoms with Crippen LogP contribution in [0.15, 0.2) is 23.0 Å². The largest absolute Gasteiger partial charge is 0.472 e. The van der Waals surface area contributed by atoms with Crippen LogP contribution in [0.5, 0.6) is 0 Å². The number of ether oxygens (including phenoxy) is 2. The molecule has 0 aromatic carbocycles. The van der Waals surface area contributed by atoms with Gasteiger partial charge in [0.15, 0.2) is 0 Å². The molecule has 34 heavy (non-hydrogen) atoms. The Morgan fingerprint density at radius 2 is 1.94 bits per heavy atom. The zero-order valence-corrected chi connectivity index (χ0v) is 21.1. The van der Waals surface area contributed by atoms with Crippen molar-refractivity contribution in [3.63, 3.8) is 0 Å². The second-order valence-electron chi connectivity index (χ2n) is 13.2. The minimum absolute atomic E-state index is 0.140. The van der Waals surface area contributed by atoms with E-state index < -0.39 is 5.60 Å². The molecular formula is C29H43NO4. The second kappa shape index (κ2) is 7.57. The fraction of sp³-hybridized carbons (Fsp3) is 0.862. The van der Waals surface area contributed by atoms with Crippen LogP contribution in [0, 0.1) is 28.6 Å². The van der Waals surface area contributed by atoms with Gasteiger partial charge < -0.3 is 23.9 Å². The van der Waals surface area contributed by atoms with Gasteiger partial charge in [0.25, 0.3) is 0 Å². The minimum Gasteiger partial charge on any atom is -0.472 e. The minimum atomic E-state index is -0.827. The fourth-order valence-electron chi connectivity index (χ4n) is 10.1. The van der Waals surface area contributed by atoms with Gasteiger partial charge in [-0.15, -0.1) is 0 Å². The van der Waals surface area contributed by atoms with Gasteiger partial charge in [0.1, 0.15) is 11.2 Å². The van der Waals surface area contributed by atoms with Crippen LogP contribution in [0.4, 0.5) is 0 Å². The van der Waals surface area contributed by atoms with Crippen molar-refractivity contribution in [2.75, 3.05) is 26.2 Å². The van der Waals surface area contributed by atoms with Crippen LogP contribution in [0.25, 0.3) is 0 Å². The van der Waals surface area contributed by atoms with Crippen molar-refractivity contribution < 1.29 is 19.0 Å². The monoisotopic (exact) mass is 469 g/mol. The third-order valence-corrected chi connectivity index (χ3v) is 12.1. The van der Waals surface area contributed by atoms with E-state index in [2.05, 4.69) is 18.7 Å². The highest BCUT2D eigenvalue weighted by molar-refractivity contribution is 5.37. The van der Waals surface area contributed by atoms with Crippen LogP contribution >= 0.6 is 0 Å². The van der Waals surface area contributed by atoms with Crippen molar-refractivity contribution in [3.05, 3.63) is 24.2 Å². The molecule has 7 rings (SSSR count). The zero-order chi connectivity index (χ0) is 23.2. The number of likely N-dealkylation sites (tertiary alicyclic amines) is 1. The molecule has 1 aromatic rings. The third-order valence-electron chi connectivity index (χ3n) is 12.1. The lowest BCUT2D eigenvalue weighted by Crippen LogP contribution is -2.61. The predicted molar refractivity (Wildman–Crippen MR) is 129 cm³/mol. The van der Waals surface area contributed by atoms with Gasteiger partial charge in [-0.3, -0.25) is 0 Å². The van der Waals surface area contributed by atoms with Crippen molar-refractivity contribution in [1.82, 2.24) is 4.90 Å². The number of furan rings is 1. The van der Waals surface area contributed by atoms with Crippen LogP contribution in [-0.2, 0) is 15.1 Å². The van der Waals surface area contributed by atoms with Crippen LogP contribution < -0.4 is 0 Å². The van der Waals surface area contributed by atoms with E-state index in [1.165, 1.54) is 64.5 Å². The number of hydrogen-bond donors (Lipinski definition) is 1. The number of fused-ring (bicyclic) bond motifs is 3. The molecule has 1 N–H and O–H groups in total. The van der Waals surface area contributed by atoms with Crippen LogP contribution in [0.3, 0.4) is 0 Å². The van der Waals surface area contributed by atoms with Crippen molar-refractivity contribution in [1.29, 1.82) is 0 Å². The predicted octanol–water partition coefficient (Wildman–Crippen LogP) is 5.12. The topological polar surface area (TPSA) is 58.4 Å². The Balaban J connectivity index is 1.07. The van der Waals surface area contributed by atoms with Gasteiger partial charge in [-0.2, -0.15) is 0 Å². The van der Waals surface area contributed by atoms with Gasteiger partial charge in [0.2, 0.25) is 0 Å². The first-order chi connectivity index (χ1) is 16.4. The summed E-state index contributed by atoms with van der Waals surface area (Å²) in [5.41, 5.74) is 0.149. The lowest BCUT2D eigenvalue weighted by Gasteiger charge is -2.62. The molecule has 0 radical (unpaired) electrons. The van der Waals surface area contributed by atoms with E-state index >= 15 is 0 Å². The van der Waals surface area contributed by atoms with E-state index in [1.54, 1.807) is 12.5 Å². The normalized spacial score (nSPS) is 52.0. The fourth-order valence-corrected chi connectivity index (χ4v) is 10.1. The maximum atomic E-state index is 12.0. The molecule has 6 fully saturated rings. The summed E-state index contributed by atoms with van der Waals surface area (Å²) in [5.74, 6) is 2.05. The second-order valence-corrected chi connectivity index (χ2v) is 13.2. The average molecular weight is 470 g/mol. The van der Waals surface area contributed by atoms with E-state index in [0.29, 0.717) is 23.4 Å². The molecule has 2 aliphatic heterocycles. The molecule has 4 saturated carbocycles. The van der Waals surface area contributed by atoms with Gasteiger partial charge in [0.05, 0.1) is 31.3 Å². The van der Waals surface area contributed by atoms with Crippen molar-refractivity contribution in [2.45, 2.75) is 101 Å². The SMILES string of the molecule is C[C@]12CCC3C(CC[C@@H]4C[C@@H](OCCN5CCCC5)CC[C@]34C)C13O[C@@H]3C[C@]2(O)c1ccoc1. The Morgan fingerprint density at radius 3 is 2.74 bits per heavy atom. The van der Waals surface area contributed by atoms with Gasteiger partial charge in [0, 0.05) is 23.9 Å². The molecule has 3 unspecified atom stereocenters. The highest BCUT2D eigenvalue weighted by Crippen LogP contribution is 2.79. The lowest BCUT2D eigenvalue weighted by atomic mass is 9.43. The highest BCUT2D eigenvalue weighted by Gasteiger charge is 2.84.